The van der Waals surface area contributed by atoms with Crippen LogP contribution < -0.4 is 0 Å². The molecule has 1 unspecified atom stereocenters. The first-order valence-corrected chi connectivity index (χ1v) is 11.6. The maximum Gasteiger partial charge on any atom is 0.410 e. The topological polar surface area (TPSA) is 79.8 Å². The third kappa shape index (κ3) is 7.37. The number of carboxylic acids is 1. The molecule has 0 radical (unpaired) electrons. The Morgan fingerprint density at radius 3 is 2.10 bits per heavy atom. The van der Waals surface area contributed by atoms with E-state index in [0.29, 0.717) is 6.54 Å². The molecule has 0 aliphatic carbocycles. The summed E-state index contributed by atoms with van der Waals surface area (Å²) in [5, 5.41) is 8.89. The van der Waals surface area contributed by atoms with E-state index in [2.05, 4.69) is 21.6 Å². The lowest BCUT2D eigenvalue weighted by Gasteiger charge is -2.34. The monoisotopic (exact) mass is 425 g/mol. The molecular formula is C21H39N5O4. The van der Waals surface area contributed by atoms with Crippen molar-refractivity contribution in [3.05, 3.63) is 0 Å². The second-order valence-corrected chi connectivity index (χ2v) is 8.81. The lowest BCUT2D eigenvalue weighted by molar-refractivity contribution is -0.138. The van der Waals surface area contributed by atoms with Gasteiger partial charge in [0.05, 0.1) is 13.1 Å². The summed E-state index contributed by atoms with van der Waals surface area (Å²) >= 11 is 0. The van der Waals surface area contributed by atoms with Crippen molar-refractivity contribution in [2.75, 3.05) is 91.6 Å². The molecule has 3 rings (SSSR count). The quantitative estimate of drug-likeness (QED) is 0.474. The molecule has 9 nitrogen and oxygen atoms in total. The number of rotatable bonds is 11. The first-order valence-electron chi connectivity index (χ1n) is 11.6. The first-order chi connectivity index (χ1) is 14.5. The number of piperazine rings is 2. The summed E-state index contributed by atoms with van der Waals surface area (Å²) < 4.78 is 5.57. The van der Waals surface area contributed by atoms with E-state index in [1.54, 1.807) is 0 Å². The number of carboxylic acid groups (broad SMARTS) is 1. The van der Waals surface area contributed by atoms with E-state index in [-0.39, 0.29) is 18.7 Å². The number of unbranched alkanes of at least 4 members (excludes halogenated alkanes) is 1. The van der Waals surface area contributed by atoms with Crippen LogP contribution in [0.2, 0.25) is 0 Å². The molecule has 0 aromatic heterocycles. The van der Waals surface area contributed by atoms with E-state index in [9.17, 15) is 9.59 Å². The van der Waals surface area contributed by atoms with E-state index in [1.165, 1.54) is 26.1 Å². The van der Waals surface area contributed by atoms with Crippen LogP contribution in [-0.2, 0) is 9.53 Å². The Hall–Kier alpha value is -1.42. The zero-order valence-corrected chi connectivity index (χ0v) is 18.5. The zero-order valence-electron chi connectivity index (χ0n) is 18.5. The highest BCUT2D eigenvalue weighted by atomic mass is 16.6. The van der Waals surface area contributed by atoms with Crippen molar-refractivity contribution in [3.63, 3.8) is 0 Å². The van der Waals surface area contributed by atoms with Crippen LogP contribution in [-0.4, -0.2) is 139 Å². The van der Waals surface area contributed by atoms with Crippen LogP contribution in [0.25, 0.3) is 0 Å². The Morgan fingerprint density at radius 2 is 1.47 bits per heavy atom. The van der Waals surface area contributed by atoms with Gasteiger partial charge in [0.15, 0.2) is 0 Å². The molecule has 30 heavy (non-hydrogen) atoms. The number of cyclic esters (lactones) is 1. The van der Waals surface area contributed by atoms with Crippen LogP contribution in [0, 0.1) is 0 Å². The van der Waals surface area contributed by atoms with Gasteiger partial charge in [-0.1, -0.05) is 6.92 Å². The predicted octanol–water partition coefficient (Wildman–Crippen LogP) is 0.317. The molecule has 0 spiro atoms. The van der Waals surface area contributed by atoms with E-state index in [0.717, 1.165) is 71.7 Å². The number of hydrogen-bond acceptors (Lipinski definition) is 7. The lowest BCUT2D eigenvalue weighted by Crippen LogP contribution is -2.50. The summed E-state index contributed by atoms with van der Waals surface area (Å²) in [5.74, 6) is -0.775. The number of hydrogen-bond donors (Lipinski definition) is 1. The minimum Gasteiger partial charge on any atom is -0.480 e. The fraction of sp³-hybridized carbons (Fsp3) is 0.905. The average molecular weight is 426 g/mol. The van der Waals surface area contributed by atoms with Gasteiger partial charge in [-0.05, 0) is 32.4 Å². The SMILES string of the molecule is CCCN1CCN(CCCCN2CC(CN3CCN(CC(=O)O)CC3)OC2=O)CC1. The summed E-state index contributed by atoms with van der Waals surface area (Å²) in [7, 11) is 0. The molecule has 1 amide bonds. The normalized spacial score (nSPS) is 25.0. The smallest absolute Gasteiger partial charge is 0.410 e. The van der Waals surface area contributed by atoms with Gasteiger partial charge < -0.3 is 24.5 Å². The van der Waals surface area contributed by atoms with Crippen LogP contribution in [0.3, 0.4) is 0 Å². The molecule has 3 fully saturated rings. The highest BCUT2D eigenvalue weighted by Gasteiger charge is 2.32. The van der Waals surface area contributed by atoms with Crippen molar-refractivity contribution >= 4 is 12.1 Å². The summed E-state index contributed by atoms with van der Waals surface area (Å²) in [6.07, 6.45) is 3.11. The lowest BCUT2D eigenvalue weighted by atomic mass is 10.2. The number of ether oxygens (including phenoxy) is 1. The minimum atomic E-state index is -0.775. The predicted molar refractivity (Wildman–Crippen MR) is 115 cm³/mol. The van der Waals surface area contributed by atoms with Crippen molar-refractivity contribution in [3.8, 4) is 0 Å². The molecule has 0 aromatic rings. The highest BCUT2D eigenvalue weighted by molar-refractivity contribution is 5.70. The largest absolute Gasteiger partial charge is 0.480 e. The van der Waals surface area contributed by atoms with Crippen LogP contribution in [0.4, 0.5) is 4.79 Å². The summed E-state index contributed by atoms with van der Waals surface area (Å²) in [4.78, 5) is 34.2. The third-order valence-electron chi connectivity index (χ3n) is 6.39. The van der Waals surface area contributed by atoms with Gasteiger partial charge in [0.1, 0.15) is 6.10 Å². The van der Waals surface area contributed by atoms with E-state index >= 15 is 0 Å². The fourth-order valence-electron chi connectivity index (χ4n) is 4.65. The van der Waals surface area contributed by atoms with Crippen molar-refractivity contribution in [1.82, 2.24) is 24.5 Å². The number of aliphatic carboxylic acids is 1. The number of amides is 1. The molecular weight excluding hydrogens is 386 g/mol. The van der Waals surface area contributed by atoms with Crippen LogP contribution in [0.1, 0.15) is 26.2 Å². The minimum absolute atomic E-state index is 0.0739. The van der Waals surface area contributed by atoms with E-state index in [4.69, 9.17) is 9.84 Å². The van der Waals surface area contributed by atoms with E-state index < -0.39 is 5.97 Å². The van der Waals surface area contributed by atoms with Crippen molar-refractivity contribution in [2.24, 2.45) is 0 Å². The van der Waals surface area contributed by atoms with Gasteiger partial charge in [0.25, 0.3) is 0 Å². The van der Waals surface area contributed by atoms with Gasteiger partial charge in [-0.15, -0.1) is 0 Å². The number of carbonyl (C=O) groups excluding carboxylic acids is 1. The molecule has 3 saturated heterocycles. The molecule has 1 N–H and O–H groups in total. The number of nitrogens with zero attached hydrogens (tertiary/aromatic N) is 5. The fourth-order valence-corrected chi connectivity index (χ4v) is 4.65. The second kappa shape index (κ2) is 11.8. The van der Waals surface area contributed by atoms with Gasteiger partial charge in [0.2, 0.25) is 0 Å². The van der Waals surface area contributed by atoms with Crippen LogP contribution in [0.15, 0.2) is 0 Å². The van der Waals surface area contributed by atoms with Crippen LogP contribution >= 0.6 is 0 Å². The molecule has 3 aliphatic rings. The summed E-state index contributed by atoms with van der Waals surface area (Å²) in [6.45, 7) is 14.7. The average Bonchev–Trinajstić information content (AvgIpc) is 3.07. The van der Waals surface area contributed by atoms with Gasteiger partial charge in [-0.3, -0.25) is 14.6 Å². The van der Waals surface area contributed by atoms with Crippen molar-refractivity contribution < 1.29 is 19.4 Å². The molecule has 172 valence electrons. The molecule has 0 aromatic carbocycles. The molecule has 3 heterocycles. The zero-order chi connectivity index (χ0) is 21.3. The summed E-state index contributed by atoms with van der Waals surface area (Å²) in [5.41, 5.74) is 0. The standard InChI is InChI=1S/C21H39N5O4/c1-2-5-22-8-10-23(11-9-22)6-3-4-7-26-17-19(30-21(26)29)16-24-12-14-25(15-13-24)18-20(27)28/h19H,2-18H2,1H3,(H,27,28). The Balaban J connectivity index is 1.26. The van der Waals surface area contributed by atoms with Crippen molar-refractivity contribution in [1.29, 1.82) is 0 Å². The Morgan fingerprint density at radius 1 is 0.900 bits per heavy atom. The van der Waals surface area contributed by atoms with Crippen molar-refractivity contribution in [2.45, 2.75) is 32.3 Å². The van der Waals surface area contributed by atoms with Crippen LogP contribution in [0.5, 0.6) is 0 Å². The molecule has 0 bridgehead atoms. The molecule has 3 aliphatic heterocycles. The van der Waals surface area contributed by atoms with Gasteiger partial charge in [-0.2, -0.15) is 0 Å². The van der Waals surface area contributed by atoms with Gasteiger partial charge in [-0.25, -0.2) is 4.79 Å². The highest BCUT2D eigenvalue weighted by Crippen LogP contribution is 2.15. The Bertz CT molecular complexity index is 548. The molecule has 9 heteroatoms. The first kappa shape index (κ1) is 23.2. The maximum absolute atomic E-state index is 12.2. The molecule has 0 saturated carbocycles. The Kier molecular flexibility index (Phi) is 9.17. The van der Waals surface area contributed by atoms with Gasteiger partial charge in [0, 0.05) is 65.4 Å². The summed E-state index contributed by atoms with van der Waals surface area (Å²) in [6, 6.07) is 0. The van der Waals surface area contributed by atoms with E-state index in [1.807, 2.05) is 9.80 Å². The number of carbonyl (C=O) groups is 2. The second-order valence-electron chi connectivity index (χ2n) is 8.81. The third-order valence-corrected chi connectivity index (χ3v) is 6.39. The maximum atomic E-state index is 12.2. The molecule has 1 atom stereocenters. The van der Waals surface area contributed by atoms with Gasteiger partial charge >= 0.3 is 12.1 Å². The Labute approximate surface area is 180 Å².